The van der Waals surface area contributed by atoms with Gasteiger partial charge in [-0.05, 0) is 67.4 Å². The third-order valence-electron chi connectivity index (χ3n) is 4.05. The van der Waals surface area contributed by atoms with Gasteiger partial charge in [0.25, 0.3) is 0 Å². The Morgan fingerprint density at radius 2 is 1.88 bits per heavy atom. The Morgan fingerprint density at radius 1 is 1.12 bits per heavy atom. The molecule has 0 aliphatic rings. The van der Waals surface area contributed by atoms with Crippen molar-refractivity contribution in [2.75, 3.05) is 24.7 Å². The number of benzene rings is 1. The smallest absolute Gasteiger partial charge is 0.230 e. The van der Waals surface area contributed by atoms with Gasteiger partial charge in [0.05, 0.1) is 18.0 Å². The van der Waals surface area contributed by atoms with E-state index in [1.165, 1.54) is 0 Å². The first-order valence-electron chi connectivity index (χ1n) is 8.66. The third-order valence-corrected chi connectivity index (χ3v) is 5.18. The summed E-state index contributed by atoms with van der Waals surface area (Å²) in [4.78, 5) is 11.7. The molecule has 1 heterocycles. The van der Waals surface area contributed by atoms with Gasteiger partial charge in [-0.1, -0.05) is 22.9 Å². The van der Waals surface area contributed by atoms with Gasteiger partial charge in [0.2, 0.25) is 5.95 Å². The van der Waals surface area contributed by atoms with Gasteiger partial charge < -0.3 is 9.64 Å². The van der Waals surface area contributed by atoms with Gasteiger partial charge in [0.15, 0.2) is 0 Å². The van der Waals surface area contributed by atoms with E-state index in [0.29, 0.717) is 6.61 Å². The minimum absolute atomic E-state index is 0.285. The molecule has 1 aromatic heterocycles. The molecule has 0 aliphatic carbocycles. The summed E-state index contributed by atoms with van der Waals surface area (Å²) in [5.41, 5.74) is 3.08. The normalized spacial score (nSPS) is 12.2. The van der Waals surface area contributed by atoms with Crippen LogP contribution in [0.5, 0.6) is 0 Å². The van der Waals surface area contributed by atoms with E-state index in [9.17, 15) is 0 Å². The summed E-state index contributed by atoms with van der Waals surface area (Å²) in [6, 6.07) is 8.21. The summed E-state index contributed by atoms with van der Waals surface area (Å²) in [6.07, 6.45) is 0.990. The predicted octanol–water partition coefficient (Wildman–Crippen LogP) is 6.00. The van der Waals surface area contributed by atoms with E-state index in [2.05, 4.69) is 67.7 Å². The Bertz CT molecular complexity index is 709. The molecule has 0 radical (unpaired) electrons. The van der Waals surface area contributed by atoms with E-state index in [4.69, 9.17) is 9.72 Å². The SMILES string of the molecule is CCOCC(CC)c1cc(C)nc(N(CC)c2ccc(Br)cc2Br)n1. The van der Waals surface area contributed by atoms with E-state index in [1.54, 1.807) is 0 Å². The Balaban J connectivity index is 2.42. The zero-order valence-corrected chi connectivity index (χ0v) is 18.4. The molecule has 2 rings (SSSR count). The first kappa shape index (κ1) is 20.3. The second-order valence-electron chi connectivity index (χ2n) is 5.84. The lowest BCUT2D eigenvalue weighted by Gasteiger charge is -2.24. The number of halogens is 2. The lowest BCUT2D eigenvalue weighted by molar-refractivity contribution is 0.130. The van der Waals surface area contributed by atoms with Crippen molar-refractivity contribution in [1.82, 2.24) is 9.97 Å². The molecule has 0 saturated carbocycles. The molecule has 4 nitrogen and oxygen atoms in total. The molecule has 0 amide bonds. The largest absolute Gasteiger partial charge is 0.381 e. The van der Waals surface area contributed by atoms with E-state index in [-0.39, 0.29) is 5.92 Å². The van der Waals surface area contributed by atoms with Crippen molar-refractivity contribution in [2.45, 2.75) is 40.0 Å². The fraction of sp³-hybridized carbons (Fsp3) is 0.474. The highest BCUT2D eigenvalue weighted by atomic mass is 79.9. The van der Waals surface area contributed by atoms with Gasteiger partial charge in [-0.3, -0.25) is 0 Å². The van der Waals surface area contributed by atoms with Crippen molar-refractivity contribution in [3.8, 4) is 0 Å². The van der Waals surface area contributed by atoms with Crippen molar-refractivity contribution >= 4 is 43.5 Å². The second-order valence-corrected chi connectivity index (χ2v) is 7.61. The maximum Gasteiger partial charge on any atom is 0.230 e. The molecule has 0 fully saturated rings. The highest BCUT2D eigenvalue weighted by molar-refractivity contribution is 9.11. The molecule has 1 aromatic carbocycles. The molecule has 25 heavy (non-hydrogen) atoms. The quantitative estimate of drug-likeness (QED) is 0.474. The average molecular weight is 471 g/mol. The molecule has 1 atom stereocenters. The predicted molar refractivity (Wildman–Crippen MR) is 111 cm³/mol. The van der Waals surface area contributed by atoms with Crippen molar-refractivity contribution < 1.29 is 4.74 Å². The summed E-state index contributed by atoms with van der Waals surface area (Å²) < 4.78 is 7.68. The van der Waals surface area contributed by atoms with E-state index in [1.807, 2.05) is 26.0 Å². The molecular formula is C19H25Br2N3O. The Kier molecular flexibility index (Phi) is 7.84. The minimum Gasteiger partial charge on any atom is -0.381 e. The van der Waals surface area contributed by atoms with E-state index < -0.39 is 0 Å². The monoisotopic (exact) mass is 469 g/mol. The lowest BCUT2D eigenvalue weighted by atomic mass is 10.0. The van der Waals surface area contributed by atoms with Crippen LogP contribution in [-0.4, -0.2) is 29.7 Å². The van der Waals surface area contributed by atoms with Crippen LogP contribution in [0.1, 0.15) is 44.5 Å². The maximum atomic E-state index is 5.64. The molecule has 1 unspecified atom stereocenters. The number of aryl methyl sites for hydroxylation is 1. The first-order chi connectivity index (χ1) is 12.0. The third kappa shape index (κ3) is 5.25. The molecule has 2 aromatic rings. The zero-order chi connectivity index (χ0) is 18.4. The Labute approximate surface area is 167 Å². The van der Waals surface area contributed by atoms with Crippen LogP contribution < -0.4 is 4.90 Å². The van der Waals surface area contributed by atoms with Crippen LogP contribution in [0.3, 0.4) is 0 Å². The minimum atomic E-state index is 0.285. The van der Waals surface area contributed by atoms with E-state index in [0.717, 1.165) is 51.5 Å². The molecule has 0 saturated heterocycles. The summed E-state index contributed by atoms with van der Waals surface area (Å²) in [7, 11) is 0. The second kappa shape index (κ2) is 9.64. The molecule has 6 heteroatoms. The summed E-state index contributed by atoms with van der Waals surface area (Å²) in [5.74, 6) is 1.02. The van der Waals surface area contributed by atoms with Crippen molar-refractivity contribution in [1.29, 1.82) is 0 Å². The number of anilines is 2. The Morgan fingerprint density at radius 3 is 2.48 bits per heavy atom. The van der Waals surface area contributed by atoms with Gasteiger partial charge >= 0.3 is 0 Å². The van der Waals surface area contributed by atoms with Crippen LogP contribution in [0, 0.1) is 6.92 Å². The fourth-order valence-electron chi connectivity index (χ4n) is 2.70. The lowest BCUT2D eigenvalue weighted by Crippen LogP contribution is -2.21. The highest BCUT2D eigenvalue weighted by Crippen LogP contribution is 2.33. The topological polar surface area (TPSA) is 38.2 Å². The summed E-state index contributed by atoms with van der Waals surface area (Å²) >= 11 is 7.16. The van der Waals surface area contributed by atoms with Crippen molar-refractivity contribution in [3.05, 3.63) is 44.6 Å². The van der Waals surface area contributed by atoms with Crippen molar-refractivity contribution in [2.24, 2.45) is 0 Å². The van der Waals surface area contributed by atoms with Crippen molar-refractivity contribution in [3.63, 3.8) is 0 Å². The number of nitrogens with zero attached hydrogens (tertiary/aromatic N) is 3. The van der Waals surface area contributed by atoms with Crippen LogP contribution in [0.4, 0.5) is 11.6 Å². The molecule has 0 N–H and O–H groups in total. The molecular weight excluding hydrogens is 446 g/mol. The number of hydrogen-bond acceptors (Lipinski definition) is 4. The number of ether oxygens (including phenoxy) is 1. The number of aromatic nitrogens is 2. The van der Waals surface area contributed by atoms with Gasteiger partial charge in [-0.2, -0.15) is 0 Å². The van der Waals surface area contributed by atoms with Gasteiger partial charge in [-0.25, -0.2) is 9.97 Å². The van der Waals surface area contributed by atoms with Gasteiger partial charge in [0, 0.05) is 33.7 Å². The van der Waals surface area contributed by atoms with Crippen LogP contribution in [0.25, 0.3) is 0 Å². The number of rotatable bonds is 8. The standard InChI is InChI=1S/C19H25Br2N3O/c1-5-14(12-25-7-3)17-10-13(4)22-19(23-17)24(6-2)18-9-8-15(20)11-16(18)21/h8-11,14H,5-7,12H2,1-4H3. The summed E-state index contributed by atoms with van der Waals surface area (Å²) in [5, 5.41) is 0. The van der Waals surface area contributed by atoms with Crippen LogP contribution in [0.15, 0.2) is 33.2 Å². The first-order valence-corrected chi connectivity index (χ1v) is 10.2. The highest BCUT2D eigenvalue weighted by Gasteiger charge is 2.18. The van der Waals surface area contributed by atoms with E-state index >= 15 is 0 Å². The molecule has 136 valence electrons. The zero-order valence-electron chi connectivity index (χ0n) is 15.2. The average Bonchev–Trinajstić information content (AvgIpc) is 2.58. The van der Waals surface area contributed by atoms with Gasteiger partial charge in [-0.15, -0.1) is 0 Å². The molecule has 0 bridgehead atoms. The maximum absolute atomic E-state index is 5.64. The van der Waals surface area contributed by atoms with Gasteiger partial charge in [0.1, 0.15) is 0 Å². The Hall–Kier alpha value is -0.980. The number of hydrogen-bond donors (Lipinski definition) is 0. The van der Waals surface area contributed by atoms with Crippen LogP contribution >= 0.6 is 31.9 Å². The van der Waals surface area contributed by atoms with Crippen LogP contribution in [0.2, 0.25) is 0 Å². The fourth-order valence-corrected chi connectivity index (χ4v) is 3.96. The molecule has 0 aliphatic heterocycles. The van der Waals surface area contributed by atoms with Crippen LogP contribution in [-0.2, 0) is 4.74 Å². The summed E-state index contributed by atoms with van der Waals surface area (Å²) in [6.45, 7) is 10.5. The molecule has 0 spiro atoms.